The molecule has 0 unspecified atom stereocenters. The molecule has 0 radical (unpaired) electrons. The van der Waals surface area contributed by atoms with Crippen LogP contribution in [-0.2, 0) is 0 Å². The highest BCUT2D eigenvalue weighted by molar-refractivity contribution is 6.05. The second kappa shape index (κ2) is 23.5. The summed E-state index contributed by atoms with van der Waals surface area (Å²) in [5.74, 6) is 2.28. The first-order valence-electron chi connectivity index (χ1n) is 30.7. The van der Waals surface area contributed by atoms with Gasteiger partial charge in [0.25, 0.3) is 0 Å². The van der Waals surface area contributed by atoms with Crippen molar-refractivity contribution >= 4 is 0 Å². The maximum absolute atomic E-state index is 2.67. The van der Waals surface area contributed by atoms with E-state index in [0.29, 0.717) is 23.7 Å². The monoisotopic (exact) mass is 1010 g/mol. The molecule has 0 spiro atoms. The Labute approximate surface area is 467 Å². The number of hydrogen-bond donors (Lipinski definition) is 0. The maximum atomic E-state index is 2.67. The number of hydrogen-bond acceptors (Lipinski definition) is 0. The second-order valence-corrected chi connectivity index (χ2v) is 23.8. The van der Waals surface area contributed by atoms with Gasteiger partial charge in [-0.15, -0.1) is 0 Å². The van der Waals surface area contributed by atoms with E-state index >= 15 is 0 Å². The molecule has 0 saturated heterocycles. The van der Waals surface area contributed by atoms with Crippen molar-refractivity contribution in [2.45, 2.75) is 152 Å². The number of benzene rings is 9. The van der Waals surface area contributed by atoms with Gasteiger partial charge in [0.2, 0.25) is 0 Å². The highest BCUT2D eigenvalue weighted by atomic mass is 14.3. The van der Waals surface area contributed by atoms with Crippen molar-refractivity contribution < 1.29 is 0 Å². The first-order chi connectivity index (χ1) is 38.8. The SMILES string of the molecule is c1ccc(-c2ccccc2C2CCCCC2)c(-c2cc(-c3ccccc3-c3ccccc3C3CCCCC3)c(-c3ccccc3-c3ccccc3C3CCCCC3)cc2-c2ccccc2-c2ccccc2C2CCCCC2)c1. The van der Waals surface area contributed by atoms with Gasteiger partial charge in [-0.2, -0.15) is 0 Å². The van der Waals surface area contributed by atoms with E-state index in [0.717, 1.165) is 0 Å². The lowest BCUT2D eigenvalue weighted by Crippen LogP contribution is -2.07. The fraction of sp³-hybridized carbons (Fsp3) is 0.308. The van der Waals surface area contributed by atoms with Gasteiger partial charge in [-0.3, -0.25) is 0 Å². The summed E-state index contributed by atoms with van der Waals surface area (Å²) < 4.78 is 0. The lowest BCUT2D eigenvalue weighted by atomic mass is 9.76. The molecule has 390 valence electrons. The Balaban J connectivity index is 1.12. The first-order valence-corrected chi connectivity index (χ1v) is 30.7. The average Bonchev–Trinajstić information content (AvgIpc) is 3.69. The third-order valence-corrected chi connectivity index (χ3v) is 19.2. The van der Waals surface area contributed by atoms with Crippen molar-refractivity contribution in [3.05, 3.63) is 229 Å². The van der Waals surface area contributed by atoms with Gasteiger partial charge < -0.3 is 0 Å². The smallest absolute Gasteiger partial charge is 0.00923 e. The molecule has 0 N–H and O–H groups in total. The highest BCUT2D eigenvalue weighted by Gasteiger charge is 2.29. The Morgan fingerprint density at radius 3 is 0.500 bits per heavy atom. The summed E-state index contributed by atoms with van der Waals surface area (Å²) >= 11 is 0. The van der Waals surface area contributed by atoms with Crippen molar-refractivity contribution in [2.24, 2.45) is 0 Å². The Bertz CT molecular complexity index is 3040. The zero-order valence-corrected chi connectivity index (χ0v) is 46.1. The fourth-order valence-corrected chi connectivity index (χ4v) is 15.3. The Morgan fingerprint density at radius 1 is 0.154 bits per heavy atom. The molecule has 4 aliphatic rings. The predicted molar refractivity (Wildman–Crippen MR) is 333 cm³/mol. The van der Waals surface area contributed by atoms with Crippen LogP contribution in [0.15, 0.2) is 206 Å². The van der Waals surface area contributed by atoms with E-state index in [4.69, 9.17) is 0 Å². The van der Waals surface area contributed by atoms with Crippen LogP contribution in [0.25, 0.3) is 89.0 Å². The minimum atomic E-state index is 0.571. The van der Waals surface area contributed by atoms with E-state index < -0.39 is 0 Å². The fourth-order valence-electron chi connectivity index (χ4n) is 15.3. The van der Waals surface area contributed by atoms with Crippen LogP contribution in [0.5, 0.6) is 0 Å². The quantitative estimate of drug-likeness (QED) is 0.114. The van der Waals surface area contributed by atoms with Gasteiger partial charge in [-0.1, -0.05) is 271 Å². The van der Waals surface area contributed by atoms with E-state index in [1.54, 1.807) is 0 Å². The zero-order chi connectivity index (χ0) is 52.0. The van der Waals surface area contributed by atoms with Crippen LogP contribution >= 0.6 is 0 Å². The van der Waals surface area contributed by atoms with Crippen molar-refractivity contribution in [1.82, 2.24) is 0 Å². The van der Waals surface area contributed by atoms with Crippen molar-refractivity contribution in [3.63, 3.8) is 0 Å². The van der Waals surface area contributed by atoms with Crippen molar-refractivity contribution in [3.8, 4) is 89.0 Å². The molecule has 78 heavy (non-hydrogen) atoms. The van der Waals surface area contributed by atoms with E-state index in [1.807, 2.05) is 0 Å². The Hall–Kier alpha value is -7.02. The summed E-state index contributed by atoms with van der Waals surface area (Å²) in [5.41, 5.74) is 27.3. The minimum Gasteiger partial charge on any atom is -0.0619 e. The molecule has 0 heterocycles. The normalized spacial score (nSPS) is 17.0. The Morgan fingerprint density at radius 2 is 0.308 bits per heavy atom. The third kappa shape index (κ3) is 10.2. The highest BCUT2D eigenvalue weighted by Crippen LogP contribution is 2.53. The Kier molecular flexibility index (Phi) is 15.2. The molecule has 0 aliphatic heterocycles. The third-order valence-electron chi connectivity index (χ3n) is 19.2. The van der Waals surface area contributed by atoms with Crippen LogP contribution in [-0.4, -0.2) is 0 Å². The number of rotatable bonds is 12. The summed E-state index contributed by atoms with van der Waals surface area (Å²) in [7, 11) is 0. The zero-order valence-electron chi connectivity index (χ0n) is 46.1. The molecule has 9 aromatic rings. The molecule has 9 aromatic carbocycles. The van der Waals surface area contributed by atoms with Crippen LogP contribution in [0, 0.1) is 0 Å². The molecule has 4 fully saturated rings. The summed E-state index contributed by atoms with van der Waals surface area (Å²) in [6, 6.07) is 81.1. The molecule has 0 heteroatoms. The van der Waals surface area contributed by atoms with Gasteiger partial charge in [0.05, 0.1) is 0 Å². The van der Waals surface area contributed by atoms with Crippen LogP contribution in [0.2, 0.25) is 0 Å². The largest absolute Gasteiger partial charge is 0.0619 e. The topological polar surface area (TPSA) is 0 Å². The van der Waals surface area contributed by atoms with E-state index in [1.165, 1.54) is 240 Å². The average molecular weight is 1020 g/mol. The molecular weight excluding hydrogens is 937 g/mol. The van der Waals surface area contributed by atoms with Crippen LogP contribution in [0.3, 0.4) is 0 Å². The van der Waals surface area contributed by atoms with Crippen LogP contribution in [0.4, 0.5) is 0 Å². The van der Waals surface area contributed by atoms with Crippen LogP contribution < -0.4 is 0 Å². The van der Waals surface area contributed by atoms with E-state index in [-0.39, 0.29) is 0 Å². The predicted octanol–water partition coefficient (Wildman–Crippen LogP) is 23.2. The molecule has 0 atom stereocenters. The first kappa shape index (κ1) is 50.5. The van der Waals surface area contributed by atoms with Gasteiger partial charge >= 0.3 is 0 Å². The summed E-state index contributed by atoms with van der Waals surface area (Å²) in [6.45, 7) is 0. The van der Waals surface area contributed by atoms with Gasteiger partial charge in [0.1, 0.15) is 0 Å². The molecule has 4 saturated carbocycles. The molecular formula is C78H78. The van der Waals surface area contributed by atoms with Crippen molar-refractivity contribution in [2.75, 3.05) is 0 Å². The van der Waals surface area contributed by atoms with E-state index in [9.17, 15) is 0 Å². The maximum Gasteiger partial charge on any atom is -0.00923 e. The van der Waals surface area contributed by atoms with Crippen molar-refractivity contribution in [1.29, 1.82) is 0 Å². The van der Waals surface area contributed by atoms with E-state index in [2.05, 4.69) is 206 Å². The molecule has 0 nitrogen and oxygen atoms in total. The lowest BCUT2D eigenvalue weighted by Gasteiger charge is -2.28. The molecule has 0 aromatic heterocycles. The summed E-state index contributed by atoms with van der Waals surface area (Å²) in [4.78, 5) is 0. The molecule has 13 rings (SSSR count). The molecule has 0 amide bonds. The standard InChI is InChI=1S/C78H78/c1-5-29-55(30-6-1)59-37-13-17-41-63(59)67-45-21-25-49-71(67)75-53-77(73-51-27-23-47-69(73)65-43-19-15-39-61(65)57-33-9-3-10-34-57)78(74-52-28-24-48-70(74)66-44-20-16-40-62(66)58-35-11-4-12-36-58)54-76(75)72-50-26-22-46-68(72)64-42-18-14-38-60(64)56-31-7-2-8-32-56/h13-28,37-58H,1-12,29-36H2. The van der Waals surface area contributed by atoms with Gasteiger partial charge in [0, 0.05) is 0 Å². The lowest BCUT2D eigenvalue weighted by molar-refractivity contribution is 0.444. The summed E-state index contributed by atoms with van der Waals surface area (Å²) in [6.07, 6.45) is 26.0. The second-order valence-electron chi connectivity index (χ2n) is 23.8. The summed E-state index contributed by atoms with van der Waals surface area (Å²) in [5, 5.41) is 0. The minimum absolute atomic E-state index is 0.571. The van der Waals surface area contributed by atoms with Gasteiger partial charge in [-0.25, -0.2) is 0 Å². The van der Waals surface area contributed by atoms with Gasteiger partial charge in [0.15, 0.2) is 0 Å². The molecule has 0 bridgehead atoms. The van der Waals surface area contributed by atoms with Crippen LogP contribution in [0.1, 0.15) is 174 Å². The van der Waals surface area contributed by atoms with Gasteiger partial charge in [-0.05, 0) is 198 Å². The molecule has 4 aliphatic carbocycles.